The van der Waals surface area contributed by atoms with Gasteiger partial charge in [0.1, 0.15) is 0 Å². The fourth-order valence-electron chi connectivity index (χ4n) is 0.500. The molecule has 0 aromatic carbocycles. The van der Waals surface area contributed by atoms with Gasteiger partial charge in [-0.25, -0.2) is 13.2 Å². The van der Waals surface area contributed by atoms with Gasteiger partial charge in [0.15, 0.2) is 0 Å². The summed E-state index contributed by atoms with van der Waals surface area (Å²) in [5.74, 6) is -5.90. The molecular formula is C7H10F8O3S. The largest absolute Gasteiger partial charge is 0.459 e. The SMILES string of the molecule is CCCC(F)S(=O)(=O)O.FC(F)C(F)(F)C(F)(F)F. The summed E-state index contributed by atoms with van der Waals surface area (Å²) in [7, 11) is -4.43. The molecule has 0 aliphatic rings. The Balaban J connectivity index is 0. The second kappa shape index (κ2) is 7.22. The third kappa shape index (κ3) is 7.50. The lowest BCUT2D eigenvalue weighted by atomic mass is 10.3. The highest BCUT2D eigenvalue weighted by molar-refractivity contribution is 7.86. The highest BCUT2D eigenvalue weighted by Crippen LogP contribution is 2.39. The summed E-state index contributed by atoms with van der Waals surface area (Å²) in [6.07, 6.45) is -10.6. The van der Waals surface area contributed by atoms with Gasteiger partial charge in [-0.1, -0.05) is 13.3 Å². The van der Waals surface area contributed by atoms with Crippen molar-refractivity contribution in [3.05, 3.63) is 0 Å². The zero-order valence-electron chi connectivity index (χ0n) is 9.26. The molecule has 1 atom stereocenters. The second-order valence-corrected chi connectivity index (χ2v) is 4.68. The van der Waals surface area contributed by atoms with E-state index in [0.717, 1.165) is 0 Å². The molecule has 0 rings (SSSR count). The monoisotopic (exact) mass is 326 g/mol. The lowest BCUT2D eigenvalue weighted by molar-refractivity contribution is -0.320. The maximum Gasteiger partial charge on any atom is 0.459 e. The Morgan fingerprint density at radius 2 is 1.42 bits per heavy atom. The molecule has 0 aliphatic heterocycles. The maximum absolute atomic E-state index is 12.1. The van der Waals surface area contributed by atoms with Crippen molar-refractivity contribution in [2.45, 2.75) is 43.8 Å². The third-order valence-electron chi connectivity index (χ3n) is 1.49. The quantitative estimate of drug-likeness (QED) is 0.636. The maximum atomic E-state index is 12.1. The molecule has 1 unspecified atom stereocenters. The molecule has 0 fully saturated rings. The first-order chi connectivity index (χ1) is 8.17. The molecule has 1 N–H and O–H groups in total. The van der Waals surface area contributed by atoms with Gasteiger partial charge in [-0.15, -0.1) is 0 Å². The molecule has 12 heteroatoms. The molecule has 0 spiro atoms. The van der Waals surface area contributed by atoms with Gasteiger partial charge in [-0.05, 0) is 6.42 Å². The third-order valence-corrected chi connectivity index (χ3v) is 2.37. The van der Waals surface area contributed by atoms with Gasteiger partial charge < -0.3 is 0 Å². The van der Waals surface area contributed by atoms with Crippen molar-refractivity contribution < 1.29 is 48.1 Å². The molecule has 0 saturated carbocycles. The Morgan fingerprint density at radius 3 is 1.47 bits per heavy atom. The Kier molecular flexibility index (Phi) is 7.85. The Morgan fingerprint density at radius 1 is 1.05 bits per heavy atom. The standard InChI is InChI=1S/C4H9FO3S.C3HF7/c1-2-3-4(5)9(6,7)8;4-1(5)2(6,7)3(8,9)10/h4H,2-3H2,1H3,(H,6,7,8);1H. The van der Waals surface area contributed by atoms with Crippen LogP contribution in [0.1, 0.15) is 19.8 Å². The van der Waals surface area contributed by atoms with Crippen molar-refractivity contribution in [3.8, 4) is 0 Å². The van der Waals surface area contributed by atoms with E-state index in [9.17, 15) is 43.5 Å². The summed E-state index contributed by atoms with van der Waals surface area (Å²) in [4.78, 5) is 0. The Hall–Kier alpha value is -0.650. The molecule has 0 aromatic rings. The predicted molar refractivity (Wildman–Crippen MR) is 48.4 cm³/mol. The predicted octanol–water partition coefficient (Wildman–Crippen LogP) is 3.42. The van der Waals surface area contributed by atoms with Crippen LogP contribution in [-0.2, 0) is 10.1 Å². The summed E-state index contributed by atoms with van der Waals surface area (Å²) < 4.78 is 116. The van der Waals surface area contributed by atoms with Crippen LogP contribution in [0.2, 0.25) is 0 Å². The van der Waals surface area contributed by atoms with E-state index in [4.69, 9.17) is 4.55 Å². The molecule has 118 valence electrons. The first-order valence-electron chi connectivity index (χ1n) is 4.51. The molecule has 0 radical (unpaired) electrons. The number of hydrogen-bond donors (Lipinski definition) is 1. The van der Waals surface area contributed by atoms with Crippen LogP contribution in [0.3, 0.4) is 0 Å². The van der Waals surface area contributed by atoms with Gasteiger partial charge in [0.2, 0.25) is 5.50 Å². The van der Waals surface area contributed by atoms with E-state index >= 15 is 0 Å². The van der Waals surface area contributed by atoms with Crippen molar-refractivity contribution in [2.24, 2.45) is 0 Å². The average molecular weight is 326 g/mol. The molecular weight excluding hydrogens is 316 g/mol. The number of halogens is 8. The fourth-order valence-corrected chi connectivity index (χ4v) is 1.03. The van der Waals surface area contributed by atoms with Gasteiger partial charge in [-0.2, -0.15) is 30.4 Å². The van der Waals surface area contributed by atoms with E-state index in [1.807, 2.05) is 0 Å². The second-order valence-electron chi connectivity index (χ2n) is 3.14. The van der Waals surface area contributed by atoms with Gasteiger partial charge >= 0.3 is 18.5 Å². The number of rotatable bonds is 4. The molecule has 19 heavy (non-hydrogen) atoms. The van der Waals surface area contributed by atoms with Crippen LogP contribution in [0.25, 0.3) is 0 Å². The highest BCUT2D eigenvalue weighted by atomic mass is 32.2. The van der Waals surface area contributed by atoms with Gasteiger partial charge in [-0.3, -0.25) is 4.55 Å². The molecule has 3 nitrogen and oxygen atoms in total. The van der Waals surface area contributed by atoms with Crippen molar-refractivity contribution in [3.63, 3.8) is 0 Å². The van der Waals surface area contributed by atoms with E-state index < -0.39 is 34.1 Å². The summed E-state index contributed by atoms with van der Waals surface area (Å²) >= 11 is 0. The lowest BCUT2D eigenvalue weighted by Gasteiger charge is -2.17. The Bertz CT molecular complexity index is 350. The minimum absolute atomic E-state index is 0.140. The van der Waals surface area contributed by atoms with Crippen molar-refractivity contribution in [1.82, 2.24) is 0 Å². The smallest absolute Gasteiger partial charge is 0.283 e. The number of hydrogen-bond acceptors (Lipinski definition) is 2. The van der Waals surface area contributed by atoms with Crippen molar-refractivity contribution in [1.29, 1.82) is 0 Å². The van der Waals surface area contributed by atoms with Gasteiger partial charge in [0.05, 0.1) is 0 Å². The highest BCUT2D eigenvalue weighted by Gasteiger charge is 2.64. The molecule has 0 amide bonds. The summed E-state index contributed by atoms with van der Waals surface area (Å²) in [5, 5.41) is 0. The average Bonchev–Trinajstić information content (AvgIpc) is 2.15. The summed E-state index contributed by atoms with van der Waals surface area (Å²) in [6.45, 7) is 1.64. The molecule has 0 heterocycles. The number of alkyl halides is 8. The van der Waals surface area contributed by atoms with Crippen molar-refractivity contribution >= 4 is 10.1 Å². The minimum Gasteiger partial charge on any atom is -0.283 e. The Labute approximate surface area is 103 Å². The lowest BCUT2D eigenvalue weighted by Crippen LogP contribution is -2.42. The van der Waals surface area contributed by atoms with E-state index in [1.165, 1.54) is 0 Å². The van der Waals surface area contributed by atoms with E-state index in [2.05, 4.69) is 0 Å². The van der Waals surface area contributed by atoms with Crippen LogP contribution in [0, 0.1) is 0 Å². The van der Waals surface area contributed by atoms with Gasteiger partial charge in [0, 0.05) is 0 Å². The van der Waals surface area contributed by atoms with E-state index in [1.54, 1.807) is 6.92 Å². The van der Waals surface area contributed by atoms with Crippen LogP contribution >= 0.6 is 0 Å². The minimum atomic E-state index is -6.17. The summed E-state index contributed by atoms with van der Waals surface area (Å²) in [6, 6.07) is 0. The van der Waals surface area contributed by atoms with Crippen LogP contribution in [0.15, 0.2) is 0 Å². The zero-order chi connectivity index (χ0) is 16.1. The van der Waals surface area contributed by atoms with Crippen LogP contribution in [-0.4, -0.2) is 37.0 Å². The summed E-state index contributed by atoms with van der Waals surface area (Å²) in [5.41, 5.74) is -2.11. The van der Waals surface area contributed by atoms with Crippen LogP contribution in [0.5, 0.6) is 0 Å². The fraction of sp³-hybridized carbons (Fsp3) is 1.00. The topological polar surface area (TPSA) is 54.4 Å². The van der Waals surface area contributed by atoms with Crippen LogP contribution in [0.4, 0.5) is 35.1 Å². The van der Waals surface area contributed by atoms with Crippen molar-refractivity contribution in [2.75, 3.05) is 0 Å². The molecule has 0 bridgehead atoms. The molecule has 0 saturated heterocycles. The first kappa shape index (κ1) is 20.7. The zero-order valence-corrected chi connectivity index (χ0v) is 10.1. The van der Waals surface area contributed by atoms with E-state index in [0.29, 0.717) is 6.42 Å². The molecule has 0 aromatic heterocycles. The first-order valence-corrected chi connectivity index (χ1v) is 6.01. The van der Waals surface area contributed by atoms with Crippen LogP contribution < -0.4 is 0 Å². The molecule has 0 aliphatic carbocycles. The van der Waals surface area contributed by atoms with Gasteiger partial charge in [0.25, 0.3) is 10.1 Å². The van der Waals surface area contributed by atoms with E-state index in [-0.39, 0.29) is 6.42 Å². The normalized spacial score (nSPS) is 14.9.